The fourth-order valence-electron chi connectivity index (χ4n) is 2.24. The van der Waals surface area contributed by atoms with E-state index >= 15 is 0 Å². The first kappa shape index (κ1) is 9.61. The van der Waals surface area contributed by atoms with Crippen molar-refractivity contribution in [1.82, 2.24) is 5.32 Å². The molecule has 1 rings (SSSR count). The highest BCUT2D eigenvalue weighted by molar-refractivity contribution is 4.90. The molecular formula is C11H19N. The molecule has 0 amide bonds. The van der Waals surface area contributed by atoms with Gasteiger partial charge in [0.1, 0.15) is 0 Å². The summed E-state index contributed by atoms with van der Waals surface area (Å²) in [6, 6.07) is 0. The van der Waals surface area contributed by atoms with Crippen LogP contribution in [0.2, 0.25) is 0 Å². The van der Waals surface area contributed by atoms with Crippen LogP contribution in [0.25, 0.3) is 0 Å². The van der Waals surface area contributed by atoms with Gasteiger partial charge in [0, 0.05) is 6.42 Å². The average molecular weight is 165 g/mol. The van der Waals surface area contributed by atoms with Crippen molar-refractivity contribution >= 4 is 0 Å². The summed E-state index contributed by atoms with van der Waals surface area (Å²) in [7, 11) is 2.03. The van der Waals surface area contributed by atoms with E-state index in [1.165, 1.54) is 25.7 Å². The molecule has 2 unspecified atom stereocenters. The van der Waals surface area contributed by atoms with E-state index in [0.717, 1.165) is 24.8 Å². The third-order valence-corrected chi connectivity index (χ3v) is 2.91. The van der Waals surface area contributed by atoms with Gasteiger partial charge < -0.3 is 5.32 Å². The normalized spacial score (nSPS) is 29.7. The van der Waals surface area contributed by atoms with Crippen molar-refractivity contribution in [2.24, 2.45) is 11.8 Å². The Balaban J connectivity index is 2.38. The fourth-order valence-corrected chi connectivity index (χ4v) is 2.24. The summed E-state index contributed by atoms with van der Waals surface area (Å²) in [5.41, 5.74) is 0. The lowest BCUT2D eigenvalue weighted by Gasteiger charge is -2.30. The molecule has 1 nitrogen and oxygen atoms in total. The van der Waals surface area contributed by atoms with Gasteiger partial charge in [-0.25, -0.2) is 0 Å². The quantitative estimate of drug-likeness (QED) is 0.631. The molecule has 1 saturated carbocycles. The van der Waals surface area contributed by atoms with Gasteiger partial charge >= 0.3 is 0 Å². The molecule has 0 heterocycles. The summed E-state index contributed by atoms with van der Waals surface area (Å²) in [6.07, 6.45) is 11.8. The van der Waals surface area contributed by atoms with Crippen molar-refractivity contribution in [3.63, 3.8) is 0 Å². The van der Waals surface area contributed by atoms with Gasteiger partial charge in [-0.15, -0.1) is 12.3 Å². The molecule has 1 N–H and O–H groups in total. The Hall–Kier alpha value is -0.480. The summed E-state index contributed by atoms with van der Waals surface area (Å²) >= 11 is 0. The molecule has 1 heteroatoms. The third kappa shape index (κ3) is 2.53. The first-order chi connectivity index (χ1) is 5.88. The van der Waals surface area contributed by atoms with E-state index in [-0.39, 0.29) is 0 Å². The van der Waals surface area contributed by atoms with Gasteiger partial charge in [-0.2, -0.15) is 0 Å². The van der Waals surface area contributed by atoms with Crippen molar-refractivity contribution in [1.29, 1.82) is 0 Å². The molecule has 0 aromatic heterocycles. The van der Waals surface area contributed by atoms with Crippen molar-refractivity contribution in [2.45, 2.75) is 32.1 Å². The minimum absolute atomic E-state index is 0.788. The molecular weight excluding hydrogens is 146 g/mol. The molecule has 0 bridgehead atoms. The molecule has 68 valence electrons. The lowest BCUT2D eigenvalue weighted by molar-refractivity contribution is 0.238. The second-order valence-electron chi connectivity index (χ2n) is 3.77. The molecule has 0 aliphatic heterocycles. The van der Waals surface area contributed by atoms with Gasteiger partial charge in [-0.1, -0.05) is 12.8 Å². The Morgan fingerprint density at radius 2 is 2.00 bits per heavy atom. The molecule has 0 spiro atoms. The summed E-state index contributed by atoms with van der Waals surface area (Å²) in [5.74, 6) is 4.42. The summed E-state index contributed by atoms with van der Waals surface area (Å²) < 4.78 is 0. The van der Waals surface area contributed by atoms with E-state index < -0.39 is 0 Å². The maximum absolute atomic E-state index is 5.35. The molecule has 1 aliphatic carbocycles. The molecule has 0 aromatic carbocycles. The third-order valence-electron chi connectivity index (χ3n) is 2.91. The smallest absolute Gasteiger partial charge is 0.0117 e. The van der Waals surface area contributed by atoms with Crippen LogP contribution in [0.15, 0.2) is 0 Å². The van der Waals surface area contributed by atoms with E-state index in [1.807, 2.05) is 7.05 Å². The SMILES string of the molecule is C#CCC1CCCCC1CNC. The number of hydrogen-bond acceptors (Lipinski definition) is 1. The highest BCUT2D eigenvalue weighted by Gasteiger charge is 2.23. The fraction of sp³-hybridized carbons (Fsp3) is 0.818. The summed E-state index contributed by atoms with van der Waals surface area (Å²) in [6.45, 7) is 1.15. The summed E-state index contributed by atoms with van der Waals surface area (Å²) in [5, 5.41) is 3.26. The van der Waals surface area contributed by atoms with Crippen LogP contribution < -0.4 is 5.32 Å². The van der Waals surface area contributed by atoms with Crippen LogP contribution in [-0.2, 0) is 0 Å². The van der Waals surface area contributed by atoms with Crippen LogP contribution in [0, 0.1) is 24.2 Å². The van der Waals surface area contributed by atoms with Crippen molar-refractivity contribution in [3.8, 4) is 12.3 Å². The highest BCUT2D eigenvalue weighted by atomic mass is 14.8. The second kappa shape index (κ2) is 5.22. The van der Waals surface area contributed by atoms with Gasteiger partial charge in [-0.05, 0) is 38.3 Å². The first-order valence-electron chi connectivity index (χ1n) is 4.96. The molecule has 2 atom stereocenters. The molecule has 1 fully saturated rings. The van der Waals surface area contributed by atoms with Gasteiger partial charge in [0.2, 0.25) is 0 Å². The maximum Gasteiger partial charge on any atom is 0.0117 e. The monoisotopic (exact) mass is 165 g/mol. The second-order valence-corrected chi connectivity index (χ2v) is 3.77. The van der Waals surface area contributed by atoms with Crippen molar-refractivity contribution < 1.29 is 0 Å². The Bertz CT molecular complexity index is 155. The van der Waals surface area contributed by atoms with E-state index in [4.69, 9.17) is 6.42 Å². The highest BCUT2D eigenvalue weighted by Crippen LogP contribution is 2.31. The van der Waals surface area contributed by atoms with Gasteiger partial charge in [-0.3, -0.25) is 0 Å². The van der Waals surface area contributed by atoms with E-state index in [9.17, 15) is 0 Å². The van der Waals surface area contributed by atoms with Crippen molar-refractivity contribution in [3.05, 3.63) is 0 Å². The van der Waals surface area contributed by atoms with Crippen LogP contribution >= 0.6 is 0 Å². The van der Waals surface area contributed by atoms with E-state index in [2.05, 4.69) is 11.2 Å². The molecule has 1 aliphatic rings. The van der Waals surface area contributed by atoms with E-state index in [0.29, 0.717) is 0 Å². The molecule has 0 radical (unpaired) electrons. The molecule has 12 heavy (non-hydrogen) atoms. The van der Waals surface area contributed by atoms with Crippen LogP contribution in [0.1, 0.15) is 32.1 Å². The summed E-state index contributed by atoms with van der Waals surface area (Å²) in [4.78, 5) is 0. The lowest BCUT2D eigenvalue weighted by Crippen LogP contribution is -2.28. The standard InChI is InChI=1S/C11H19N/c1-3-6-10-7-4-5-8-11(10)9-12-2/h1,10-12H,4-9H2,2H3. The van der Waals surface area contributed by atoms with Crippen LogP contribution in [0.3, 0.4) is 0 Å². The van der Waals surface area contributed by atoms with Crippen LogP contribution in [0.4, 0.5) is 0 Å². The Morgan fingerprint density at radius 1 is 1.33 bits per heavy atom. The zero-order valence-electron chi connectivity index (χ0n) is 7.97. The molecule has 0 saturated heterocycles. The Labute approximate surface area is 75.9 Å². The van der Waals surface area contributed by atoms with Gasteiger partial charge in [0.15, 0.2) is 0 Å². The number of nitrogens with one attached hydrogen (secondary N) is 1. The lowest BCUT2D eigenvalue weighted by atomic mass is 9.77. The van der Waals surface area contributed by atoms with Gasteiger partial charge in [0.25, 0.3) is 0 Å². The van der Waals surface area contributed by atoms with Crippen LogP contribution in [-0.4, -0.2) is 13.6 Å². The Morgan fingerprint density at radius 3 is 2.58 bits per heavy atom. The number of hydrogen-bond donors (Lipinski definition) is 1. The van der Waals surface area contributed by atoms with Crippen LogP contribution in [0.5, 0.6) is 0 Å². The number of terminal acetylenes is 1. The topological polar surface area (TPSA) is 12.0 Å². The largest absolute Gasteiger partial charge is 0.319 e. The minimum Gasteiger partial charge on any atom is -0.319 e. The minimum atomic E-state index is 0.788. The first-order valence-corrected chi connectivity index (χ1v) is 4.96. The predicted molar refractivity (Wildman–Crippen MR) is 52.8 cm³/mol. The van der Waals surface area contributed by atoms with Gasteiger partial charge in [0.05, 0.1) is 0 Å². The zero-order valence-corrected chi connectivity index (χ0v) is 7.97. The molecule has 0 aromatic rings. The van der Waals surface area contributed by atoms with Crippen molar-refractivity contribution in [2.75, 3.05) is 13.6 Å². The Kier molecular flexibility index (Phi) is 4.18. The average Bonchev–Trinajstić information content (AvgIpc) is 2.09. The predicted octanol–water partition coefficient (Wildman–Crippen LogP) is 2.04. The zero-order chi connectivity index (χ0) is 8.81. The number of rotatable bonds is 3. The maximum atomic E-state index is 5.35. The van der Waals surface area contributed by atoms with E-state index in [1.54, 1.807) is 0 Å².